The number of amides is 1. The van der Waals surface area contributed by atoms with Gasteiger partial charge in [0.25, 0.3) is 5.91 Å². The van der Waals surface area contributed by atoms with Crippen molar-refractivity contribution in [1.29, 1.82) is 0 Å². The van der Waals surface area contributed by atoms with Gasteiger partial charge in [0.1, 0.15) is 5.75 Å². The fraction of sp³-hybridized carbons (Fsp3) is 0.409. The molecule has 0 bridgehead atoms. The van der Waals surface area contributed by atoms with Crippen LogP contribution in [0.5, 0.6) is 5.75 Å². The number of ether oxygens (including phenoxy) is 1. The Bertz CT molecular complexity index is 735. The van der Waals surface area contributed by atoms with Gasteiger partial charge in [-0.25, -0.2) is 0 Å². The van der Waals surface area contributed by atoms with E-state index < -0.39 is 6.10 Å². The molecule has 0 unspecified atom stereocenters. The number of carbonyl (C=O) groups excluding carboxylic acids is 1. The van der Waals surface area contributed by atoms with Crippen LogP contribution in [0.3, 0.4) is 0 Å². The first kappa shape index (κ1) is 20.3. The standard InChI is InChI=1S/C22H28ClNO2/c1-6-19(26-20-10-8-7-9-18(20)23)21(25)24-15(2)16-11-13-17(14-12-16)22(3,4)5/h7-15,19H,6H2,1-5H3,(H,24,25)/t15-,19-/m0/s1. The molecule has 140 valence electrons. The van der Waals surface area contributed by atoms with Crippen LogP contribution in [0.15, 0.2) is 48.5 Å². The second kappa shape index (κ2) is 8.59. The summed E-state index contributed by atoms with van der Waals surface area (Å²) >= 11 is 6.13. The van der Waals surface area contributed by atoms with Crippen molar-refractivity contribution in [3.05, 3.63) is 64.7 Å². The highest BCUT2D eigenvalue weighted by Gasteiger charge is 2.22. The molecule has 4 heteroatoms. The maximum Gasteiger partial charge on any atom is 0.261 e. The summed E-state index contributed by atoms with van der Waals surface area (Å²) in [5.41, 5.74) is 2.45. The number of hydrogen-bond acceptors (Lipinski definition) is 2. The van der Waals surface area contributed by atoms with Crippen molar-refractivity contribution in [2.45, 2.75) is 58.6 Å². The van der Waals surface area contributed by atoms with Gasteiger partial charge in [-0.2, -0.15) is 0 Å². The quantitative estimate of drug-likeness (QED) is 0.708. The lowest BCUT2D eigenvalue weighted by atomic mass is 9.86. The first-order chi connectivity index (χ1) is 12.2. The van der Waals surface area contributed by atoms with Crippen LogP contribution in [-0.2, 0) is 10.2 Å². The zero-order valence-corrected chi connectivity index (χ0v) is 16.9. The highest BCUT2D eigenvalue weighted by atomic mass is 35.5. The molecule has 0 aliphatic heterocycles. The Labute approximate surface area is 161 Å². The Morgan fingerprint density at radius 1 is 1.12 bits per heavy atom. The summed E-state index contributed by atoms with van der Waals surface area (Å²) in [5, 5.41) is 3.54. The first-order valence-corrected chi connectivity index (χ1v) is 9.42. The predicted octanol–water partition coefficient (Wildman–Crippen LogP) is 5.67. The molecule has 3 nitrogen and oxygen atoms in total. The summed E-state index contributed by atoms with van der Waals surface area (Å²) < 4.78 is 5.81. The summed E-state index contributed by atoms with van der Waals surface area (Å²) in [4.78, 5) is 12.6. The Kier molecular flexibility index (Phi) is 6.71. The van der Waals surface area contributed by atoms with Gasteiger partial charge in [-0.15, -0.1) is 0 Å². The van der Waals surface area contributed by atoms with Crippen molar-refractivity contribution in [3.8, 4) is 5.75 Å². The number of rotatable bonds is 6. The van der Waals surface area contributed by atoms with E-state index in [9.17, 15) is 4.79 Å². The van der Waals surface area contributed by atoms with E-state index in [0.717, 1.165) is 5.56 Å². The van der Waals surface area contributed by atoms with Crippen molar-refractivity contribution in [3.63, 3.8) is 0 Å². The highest BCUT2D eigenvalue weighted by molar-refractivity contribution is 6.32. The van der Waals surface area contributed by atoms with Crippen molar-refractivity contribution in [2.75, 3.05) is 0 Å². The second-order valence-electron chi connectivity index (χ2n) is 7.55. The van der Waals surface area contributed by atoms with E-state index in [1.165, 1.54) is 5.56 Å². The molecule has 2 aromatic carbocycles. The minimum absolute atomic E-state index is 0.0968. The molecular weight excluding hydrogens is 346 g/mol. The van der Waals surface area contributed by atoms with E-state index >= 15 is 0 Å². The molecule has 0 aromatic heterocycles. The van der Waals surface area contributed by atoms with Gasteiger partial charge in [0.05, 0.1) is 11.1 Å². The van der Waals surface area contributed by atoms with Crippen molar-refractivity contribution in [1.82, 2.24) is 5.32 Å². The molecule has 0 heterocycles. The normalized spacial score (nSPS) is 13.8. The summed E-state index contributed by atoms with van der Waals surface area (Å²) in [7, 11) is 0. The molecule has 0 saturated carbocycles. The summed E-state index contributed by atoms with van der Waals surface area (Å²) in [6.45, 7) is 10.5. The van der Waals surface area contributed by atoms with Gasteiger partial charge < -0.3 is 10.1 Å². The molecule has 2 rings (SSSR count). The number of nitrogens with one attached hydrogen (secondary N) is 1. The molecule has 2 atom stereocenters. The molecule has 0 radical (unpaired) electrons. The molecular formula is C22H28ClNO2. The van der Waals surface area contributed by atoms with E-state index in [0.29, 0.717) is 17.2 Å². The average molecular weight is 374 g/mol. The molecule has 2 aromatic rings. The van der Waals surface area contributed by atoms with Gasteiger partial charge >= 0.3 is 0 Å². The van der Waals surface area contributed by atoms with Crippen LogP contribution in [0.2, 0.25) is 5.02 Å². The maximum atomic E-state index is 12.6. The zero-order valence-electron chi connectivity index (χ0n) is 16.2. The van der Waals surface area contributed by atoms with E-state index in [1.807, 2.05) is 26.0 Å². The van der Waals surface area contributed by atoms with Gasteiger partial charge in [-0.3, -0.25) is 4.79 Å². The lowest BCUT2D eigenvalue weighted by molar-refractivity contribution is -0.128. The third-order valence-electron chi connectivity index (χ3n) is 4.40. The lowest BCUT2D eigenvalue weighted by Crippen LogP contribution is -2.39. The number of hydrogen-bond donors (Lipinski definition) is 1. The SMILES string of the molecule is CC[C@H](Oc1ccccc1Cl)C(=O)N[C@@H](C)c1ccc(C(C)(C)C)cc1. The molecule has 1 amide bonds. The third kappa shape index (κ3) is 5.25. The Balaban J connectivity index is 2.03. The summed E-state index contributed by atoms with van der Waals surface area (Å²) in [5.74, 6) is 0.387. The number of para-hydroxylation sites is 1. The van der Waals surface area contributed by atoms with Crippen LogP contribution in [0.25, 0.3) is 0 Å². The number of halogens is 1. The predicted molar refractivity (Wildman–Crippen MR) is 108 cm³/mol. The molecule has 0 spiro atoms. The summed E-state index contributed by atoms with van der Waals surface area (Å²) in [6.07, 6.45) is -0.0154. The zero-order chi connectivity index (χ0) is 19.3. The van der Waals surface area contributed by atoms with Gasteiger partial charge in [0, 0.05) is 0 Å². The van der Waals surface area contributed by atoms with Crippen LogP contribution in [0.4, 0.5) is 0 Å². The minimum atomic E-state index is -0.578. The fourth-order valence-electron chi connectivity index (χ4n) is 2.68. The van der Waals surface area contributed by atoms with E-state index in [4.69, 9.17) is 16.3 Å². The Morgan fingerprint density at radius 3 is 2.27 bits per heavy atom. The van der Waals surface area contributed by atoms with Crippen LogP contribution in [0, 0.1) is 0 Å². The fourth-order valence-corrected chi connectivity index (χ4v) is 2.86. The average Bonchev–Trinajstić information content (AvgIpc) is 2.60. The number of carbonyl (C=O) groups is 1. The van der Waals surface area contributed by atoms with Crippen molar-refractivity contribution in [2.24, 2.45) is 0 Å². The largest absolute Gasteiger partial charge is 0.479 e. The maximum absolute atomic E-state index is 12.6. The first-order valence-electron chi connectivity index (χ1n) is 9.04. The lowest BCUT2D eigenvalue weighted by Gasteiger charge is -2.23. The van der Waals surface area contributed by atoms with Gasteiger partial charge in [-0.05, 0) is 42.0 Å². The Morgan fingerprint density at radius 2 is 1.73 bits per heavy atom. The van der Waals surface area contributed by atoms with E-state index in [2.05, 4.69) is 50.4 Å². The van der Waals surface area contributed by atoms with Crippen molar-refractivity contribution < 1.29 is 9.53 Å². The third-order valence-corrected chi connectivity index (χ3v) is 4.72. The van der Waals surface area contributed by atoms with E-state index in [1.54, 1.807) is 12.1 Å². The van der Waals surface area contributed by atoms with Crippen LogP contribution in [-0.4, -0.2) is 12.0 Å². The topological polar surface area (TPSA) is 38.3 Å². The van der Waals surface area contributed by atoms with Crippen LogP contribution < -0.4 is 10.1 Å². The monoisotopic (exact) mass is 373 g/mol. The smallest absolute Gasteiger partial charge is 0.261 e. The summed E-state index contributed by atoms with van der Waals surface area (Å²) in [6, 6.07) is 15.5. The molecule has 1 N–H and O–H groups in total. The molecule has 26 heavy (non-hydrogen) atoms. The van der Waals surface area contributed by atoms with E-state index in [-0.39, 0.29) is 17.4 Å². The van der Waals surface area contributed by atoms with Gasteiger partial charge in [-0.1, -0.05) is 75.7 Å². The molecule has 0 saturated heterocycles. The van der Waals surface area contributed by atoms with Crippen LogP contribution >= 0.6 is 11.6 Å². The highest BCUT2D eigenvalue weighted by Crippen LogP contribution is 2.26. The van der Waals surface area contributed by atoms with Gasteiger partial charge in [0.15, 0.2) is 6.10 Å². The van der Waals surface area contributed by atoms with Crippen molar-refractivity contribution >= 4 is 17.5 Å². The Hall–Kier alpha value is -2.00. The minimum Gasteiger partial charge on any atom is -0.479 e. The molecule has 0 aliphatic carbocycles. The van der Waals surface area contributed by atoms with Crippen LogP contribution in [0.1, 0.15) is 58.2 Å². The molecule has 0 fully saturated rings. The second-order valence-corrected chi connectivity index (χ2v) is 7.95. The number of benzene rings is 2. The van der Waals surface area contributed by atoms with Gasteiger partial charge in [0.2, 0.25) is 0 Å². The molecule has 0 aliphatic rings.